The lowest BCUT2D eigenvalue weighted by molar-refractivity contribution is -0.140. The van der Waals surface area contributed by atoms with Crippen LogP contribution in [0.25, 0.3) is 0 Å². The predicted molar refractivity (Wildman–Crippen MR) is 68.9 cm³/mol. The maximum atomic E-state index is 11.6. The summed E-state index contributed by atoms with van der Waals surface area (Å²) < 4.78 is 0. The Morgan fingerprint density at radius 3 is 2.00 bits per heavy atom. The maximum Gasteiger partial charge on any atom is 0.326 e. The third-order valence-electron chi connectivity index (χ3n) is 2.90. The zero-order valence-corrected chi connectivity index (χ0v) is 11.7. The van der Waals surface area contributed by atoms with E-state index in [0.29, 0.717) is 0 Å². The Labute approximate surface area is 112 Å². The lowest BCUT2D eigenvalue weighted by atomic mass is 9.88. The number of carboxylic acids is 2. The van der Waals surface area contributed by atoms with Gasteiger partial charge in [-0.15, -0.1) is 0 Å². The number of carboxylic acid groups (broad SMARTS) is 2. The standard InChI is InChI=1S/C12H22N2O5/c1-7(12(2,3)4)13-11(19)14-8(10(17)18)5-6-9(15)16/h7-8H,5-6H2,1-4H3,(H,15,16)(H,17,18)(H2,13,14,19)/t7?,8-/m0/s1. The molecule has 0 aromatic carbocycles. The molecule has 0 saturated carbocycles. The molecule has 2 amide bonds. The van der Waals surface area contributed by atoms with Gasteiger partial charge in [0, 0.05) is 12.5 Å². The van der Waals surface area contributed by atoms with Crippen molar-refractivity contribution in [2.24, 2.45) is 5.41 Å². The summed E-state index contributed by atoms with van der Waals surface area (Å²) in [4.78, 5) is 32.9. The van der Waals surface area contributed by atoms with Gasteiger partial charge in [-0.25, -0.2) is 9.59 Å². The van der Waals surface area contributed by atoms with Gasteiger partial charge in [0.1, 0.15) is 6.04 Å². The molecular formula is C12H22N2O5. The minimum absolute atomic E-state index is 0.151. The van der Waals surface area contributed by atoms with Gasteiger partial charge in [0.15, 0.2) is 0 Å². The van der Waals surface area contributed by atoms with Crippen LogP contribution in [0.1, 0.15) is 40.5 Å². The highest BCUT2D eigenvalue weighted by molar-refractivity contribution is 5.83. The highest BCUT2D eigenvalue weighted by atomic mass is 16.4. The van der Waals surface area contributed by atoms with Gasteiger partial charge in [-0.3, -0.25) is 4.79 Å². The van der Waals surface area contributed by atoms with Gasteiger partial charge in [0.25, 0.3) is 0 Å². The molecule has 0 aromatic heterocycles. The predicted octanol–water partition coefficient (Wildman–Crippen LogP) is 1.04. The summed E-state index contributed by atoms with van der Waals surface area (Å²) in [6.07, 6.45) is -0.464. The molecular weight excluding hydrogens is 252 g/mol. The second kappa shape index (κ2) is 6.96. The molecule has 0 bridgehead atoms. The number of hydrogen-bond acceptors (Lipinski definition) is 3. The third kappa shape index (κ3) is 7.28. The fourth-order valence-corrected chi connectivity index (χ4v) is 1.14. The van der Waals surface area contributed by atoms with Crippen molar-refractivity contribution in [1.82, 2.24) is 10.6 Å². The number of amides is 2. The molecule has 1 unspecified atom stereocenters. The number of urea groups is 1. The van der Waals surface area contributed by atoms with E-state index in [0.717, 1.165) is 0 Å². The molecule has 0 aliphatic rings. The van der Waals surface area contributed by atoms with E-state index in [1.54, 1.807) is 0 Å². The number of rotatable bonds is 6. The molecule has 0 aliphatic carbocycles. The van der Waals surface area contributed by atoms with Gasteiger partial charge in [-0.2, -0.15) is 0 Å². The number of nitrogens with one attached hydrogen (secondary N) is 2. The Bertz CT molecular complexity index is 349. The van der Waals surface area contributed by atoms with Crippen molar-refractivity contribution in [3.05, 3.63) is 0 Å². The van der Waals surface area contributed by atoms with Crippen molar-refractivity contribution in [1.29, 1.82) is 0 Å². The van der Waals surface area contributed by atoms with Crippen LogP contribution in [0.3, 0.4) is 0 Å². The first kappa shape index (κ1) is 17.2. The van der Waals surface area contributed by atoms with Crippen LogP contribution in [-0.4, -0.2) is 40.3 Å². The summed E-state index contributed by atoms with van der Waals surface area (Å²) in [5.41, 5.74) is -0.156. The van der Waals surface area contributed by atoms with Crippen LogP contribution in [0.2, 0.25) is 0 Å². The molecule has 0 rings (SSSR count). The van der Waals surface area contributed by atoms with E-state index in [4.69, 9.17) is 10.2 Å². The summed E-state index contributed by atoms with van der Waals surface area (Å²) in [7, 11) is 0. The molecule has 0 fully saturated rings. The van der Waals surface area contributed by atoms with Crippen LogP contribution in [-0.2, 0) is 9.59 Å². The van der Waals surface area contributed by atoms with Gasteiger partial charge < -0.3 is 20.8 Å². The largest absolute Gasteiger partial charge is 0.481 e. The SMILES string of the molecule is CC(NC(=O)N[C@@H](CCC(=O)O)C(=O)O)C(C)(C)C. The summed E-state index contributed by atoms with van der Waals surface area (Å²) in [6, 6.07) is -1.97. The molecule has 0 spiro atoms. The van der Waals surface area contributed by atoms with E-state index >= 15 is 0 Å². The van der Waals surface area contributed by atoms with Crippen LogP contribution < -0.4 is 10.6 Å². The molecule has 0 aromatic rings. The van der Waals surface area contributed by atoms with Gasteiger partial charge in [-0.05, 0) is 18.8 Å². The average molecular weight is 274 g/mol. The van der Waals surface area contributed by atoms with Crippen molar-refractivity contribution >= 4 is 18.0 Å². The van der Waals surface area contributed by atoms with Gasteiger partial charge in [0.05, 0.1) is 0 Å². The van der Waals surface area contributed by atoms with E-state index in [1.807, 2.05) is 27.7 Å². The molecule has 2 atom stereocenters. The molecule has 7 nitrogen and oxygen atoms in total. The van der Waals surface area contributed by atoms with Crippen molar-refractivity contribution < 1.29 is 24.6 Å². The molecule has 0 radical (unpaired) electrons. The Kier molecular flexibility index (Phi) is 6.31. The smallest absolute Gasteiger partial charge is 0.326 e. The van der Waals surface area contributed by atoms with Gasteiger partial charge in [-0.1, -0.05) is 20.8 Å². The lowest BCUT2D eigenvalue weighted by Gasteiger charge is -2.28. The summed E-state index contributed by atoms with van der Waals surface area (Å²) in [5, 5.41) is 22.3. The highest BCUT2D eigenvalue weighted by Gasteiger charge is 2.25. The van der Waals surface area contributed by atoms with Crippen LogP contribution in [0.5, 0.6) is 0 Å². The second-order valence-corrected chi connectivity index (χ2v) is 5.53. The van der Waals surface area contributed by atoms with Crippen LogP contribution in [0, 0.1) is 5.41 Å². The Morgan fingerprint density at radius 2 is 1.63 bits per heavy atom. The number of carbonyl (C=O) groups is 3. The first-order valence-corrected chi connectivity index (χ1v) is 6.05. The molecule has 0 heterocycles. The zero-order chi connectivity index (χ0) is 15.2. The van der Waals surface area contributed by atoms with E-state index in [1.165, 1.54) is 0 Å². The topological polar surface area (TPSA) is 116 Å². The second-order valence-electron chi connectivity index (χ2n) is 5.53. The van der Waals surface area contributed by atoms with Gasteiger partial charge >= 0.3 is 18.0 Å². The molecule has 0 aliphatic heterocycles. The molecule has 19 heavy (non-hydrogen) atoms. The first-order valence-electron chi connectivity index (χ1n) is 6.05. The maximum absolute atomic E-state index is 11.6. The number of aliphatic carboxylic acids is 2. The highest BCUT2D eigenvalue weighted by Crippen LogP contribution is 2.18. The summed E-state index contributed by atoms with van der Waals surface area (Å²) in [6.45, 7) is 7.64. The number of hydrogen-bond donors (Lipinski definition) is 4. The Morgan fingerprint density at radius 1 is 1.11 bits per heavy atom. The fraction of sp³-hybridized carbons (Fsp3) is 0.750. The fourth-order valence-electron chi connectivity index (χ4n) is 1.14. The van der Waals surface area contributed by atoms with Crippen molar-refractivity contribution in [2.45, 2.75) is 52.6 Å². The molecule has 0 saturated heterocycles. The minimum Gasteiger partial charge on any atom is -0.481 e. The van der Waals surface area contributed by atoms with E-state index in [2.05, 4.69) is 10.6 Å². The monoisotopic (exact) mass is 274 g/mol. The van der Waals surface area contributed by atoms with Crippen LogP contribution >= 0.6 is 0 Å². The summed E-state index contributed by atoms with van der Waals surface area (Å²) >= 11 is 0. The Hall–Kier alpha value is -1.79. The van der Waals surface area contributed by atoms with Crippen LogP contribution in [0.4, 0.5) is 4.79 Å². The average Bonchev–Trinajstić information content (AvgIpc) is 2.21. The van der Waals surface area contributed by atoms with E-state index in [-0.39, 0.29) is 24.3 Å². The molecule has 110 valence electrons. The quantitative estimate of drug-likeness (QED) is 0.577. The van der Waals surface area contributed by atoms with E-state index in [9.17, 15) is 14.4 Å². The van der Waals surface area contributed by atoms with E-state index < -0.39 is 24.0 Å². The Balaban J connectivity index is 4.40. The normalized spacial score (nSPS) is 14.3. The van der Waals surface area contributed by atoms with Gasteiger partial charge in [0.2, 0.25) is 0 Å². The number of carbonyl (C=O) groups excluding carboxylic acids is 1. The third-order valence-corrected chi connectivity index (χ3v) is 2.90. The summed E-state index contributed by atoms with van der Waals surface area (Å²) in [5.74, 6) is -2.35. The van der Waals surface area contributed by atoms with Crippen LogP contribution in [0.15, 0.2) is 0 Å². The van der Waals surface area contributed by atoms with Crippen molar-refractivity contribution in [3.8, 4) is 0 Å². The molecule has 7 heteroatoms. The zero-order valence-electron chi connectivity index (χ0n) is 11.7. The first-order chi connectivity index (χ1) is 8.54. The molecule has 4 N–H and O–H groups in total. The van der Waals surface area contributed by atoms with Crippen molar-refractivity contribution in [2.75, 3.05) is 0 Å². The minimum atomic E-state index is -1.25. The van der Waals surface area contributed by atoms with Crippen molar-refractivity contribution in [3.63, 3.8) is 0 Å². The lowest BCUT2D eigenvalue weighted by Crippen LogP contribution is -2.51.